The summed E-state index contributed by atoms with van der Waals surface area (Å²) < 4.78 is 26.8. The molecule has 0 fully saturated rings. The minimum atomic E-state index is -3.34. The minimum Gasteiger partial charge on any atom is -0.211 e. The van der Waals surface area contributed by atoms with Crippen molar-refractivity contribution in [3.63, 3.8) is 0 Å². The van der Waals surface area contributed by atoms with Gasteiger partial charge in [0, 0.05) is 6.54 Å². The number of sulfonamides is 1. The van der Waals surface area contributed by atoms with Gasteiger partial charge in [-0.2, -0.15) is 0 Å². The van der Waals surface area contributed by atoms with E-state index in [2.05, 4.69) is 23.8 Å². The van der Waals surface area contributed by atoms with Crippen LogP contribution in [0.5, 0.6) is 0 Å². The summed E-state index contributed by atoms with van der Waals surface area (Å²) in [5.41, 5.74) is 0. The Kier molecular flexibility index (Phi) is 14.9. The van der Waals surface area contributed by atoms with Crippen LogP contribution < -0.4 is 4.72 Å². The molecule has 0 saturated heterocycles. The van der Waals surface area contributed by atoms with Crippen molar-refractivity contribution >= 4 is 10.0 Å². The first-order valence-corrected chi connectivity index (χ1v) is 12.8. The van der Waals surface area contributed by atoms with Gasteiger partial charge in [-0.1, -0.05) is 95.1 Å². The highest BCUT2D eigenvalue weighted by Crippen LogP contribution is 2.11. The van der Waals surface area contributed by atoms with Crippen LogP contribution >= 0.6 is 0 Å². The van der Waals surface area contributed by atoms with Crippen molar-refractivity contribution in [3.8, 4) is 0 Å². The Hall–Kier alpha value is -1.13. The maximum Gasteiger partial charge on any atom is 0.240 e. The zero-order chi connectivity index (χ0) is 20.3. The Bertz CT molecular complexity index is 596. The fourth-order valence-electron chi connectivity index (χ4n) is 3.26. The lowest BCUT2D eigenvalue weighted by Gasteiger charge is -2.06. The molecule has 1 aromatic rings. The highest BCUT2D eigenvalue weighted by Gasteiger charge is 2.11. The summed E-state index contributed by atoms with van der Waals surface area (Å²) in [6.07, 6.45) is 22.4. The molecule has 3 nitrogen and oxygen atoms in total. The van der Waals surface area contributed by atoms with Gasteiger partial charge < -0.3 is 0 Å². The maximum absolute atomic E-state index is 12.1. The van der Waals surface area contributed by atoms with E-state index < -0.39 is 10.0 Å². The molecule has 0 aliphatic heterocycles. The first kappa shape index (κ1) is 24.9. The summed E-state index contributed by atoms with van der Waals surface area (Å²) in [5, 5.41) is 0. The Morgan fingerprint density at radius 3 is 1.79 bits per heavy atom. The average Bonchev–Trinajstić information content (AvgIpc) is 2.71. The van der Waals surface area contributed by atoms with E-state index in [1.54, 1.807) is 24.3 Å². The van der Waals surface area contributed by atoms with E-state index in [1.165, 1.54) is 77.0 Å². The Balaban J connectivity index is 1.87. The van der Waals surface area contributed by atoms with Crippen LogP contribution in [0.4, 0.5) is 0 Å². The summed E-state index contributed by atoms with van der Waals surface area (Å²) >= 11 is 0. The number of hydrogen-bond acceptors (Lipinski definition) is 2. The summed E-state index contributed by atoms with van der Waals surface area (Å²) in [6.45, 7) is 2.79. The van der Waals surface area contributed by atoms with Gasteiger partial charge in [-0.15, -0.1) is 0 Å². The van der Waals surface area contributed by atoms with Gasteiger partial charge in [-0.05, 0) is 44.2 Å². The van der Waals surface area contributed by atoms with Gasteiger partial charge in [-0.25, -0.2) is 13.1 Å². The molecule has 1 rings (SSSR count). The first-order chi connectivity index (χ1) is 13.7. The van der Waals surface area contributed by atoms with Crippen LogP contribution in [0.1, 0.15) is 96.8 Å². The Morgan fingerprint density at radius 1 is 0.714 bits per heavy atom. The van der Waals surface area contributed by atoms with Crippen molar-refractivity contribution < 1.29 is 8.42 Å². The molecule has 160 valence electrons. The zero-order valence-corrected chi connectivity index (χ0v) is 18.7. The SMILES string of the molecule is CCCCCCCC/C=C\CCCCCCCCNS(=O)(=O)c1ccccc1. The molecule has 0 aliphatic rings. The van der Waals surface area contributed by atoms with Crippen LogP contribution in [-0.2, 0) is 10.0 Å². The summed E-state index contributed by atoms with van der Waals surface area (Å²) in [6, 6.07) is 8.58. The van der Waals surface area contributed by atoms with Crippen LogP contribution in [0.25, 0.3) is 0 Å². The number of benzene rings is 1. The molecule has 1 aromatic carbocycles. The van der Waals surface area contributed by atoms with E-state index in [-0.39, 0.29) is 0 Å². The monoisotopic (exact) mass is 407 g/mol. The van der Waals surface area contributed by atoms with Gasteiger partial charge in [0.15, 0.2) is 0 Å². The molecular weight excluding hydrogens is 366 g/mol. The zero-order valence-electron chi connectivity index (χ0n) is 17.9. The second-order valence-corrected chi connectivity index (χ2v) is 9.42. The fourth-order valence-corrected chi connectivity index (χ4v) is 4.36. The lowest BCUT2D eigenvalue weighted by Crippen LogP contribution is -2.24. The largest absolute Gasteiger partial charge is 0.240 e. The van der Waals surface area contributed by atoms with E-state index >= 15 is 0 Å². The number of hydrogen-bond donors (Lipinski definition) is 1. The van der Waals surface area contributed by atoms with Crippen molar-refractivity contribution in [2.75, 3.05) is 6.54 Å². The minimum absolute atomic E-state index is 0.347. The van der Waals surface area contributed by atoms with E-state index in [0.29, 0.717) is 11.4 Å². The molecule has 0 radical (unpaired) electrons. The predicted octanol–water partition coefficient (Wildman–Crippen LogP) is 7.00. The van der Waals surface area contributed by atoms with Crippen LogP contribution in [0.15, 0.2) is 47.4 Å². The van der Waals surface area contributed by atoms with Crippen LogP contribution in [0, 0.1) is 0 Å². The molecule has 0 spiro atoms. The van der Waals surface area contributed by atoms with Crippen LogP contribution in [0.2, 0.25) is 0 Å². The molecular formula is C24H41NO2S. The van der Waals surface area contributed by atoms with Gasteiger partial charge in [0.2, 0.25) is 10.0 Å². The van der Waals surface area contributed by atoms with Crippen molar-refractivity contribution in [2.24, 2.45) is 0 Å². The fraction of sp³-hybridized carbons (Fsp3) is 0.667. The number of unbranched alkanes of at least 4 members (excludes halogenated alkanes) is 12. The van der Waals surface area contributed by atoms with Crippen molar-refractivity contribution in [3.05, 3.63) is 42.5 Å². The standard InChI is InChI=1S/C24H41NO2S/c1-2-3-4-5-6-7-8-9-10-11-12-13-14-15-16-20-23-25-28(26,27)24-21-18-17-19-22-24/h9-10,17-19,21-22,25H,2-8,11-16,20,23H2,1H3/b10-9-. The van der Waals surface area contributed by atoms with Gasteiger partial charge in [0.05, 0.1) is 4.90 Å². The summed E-state index contributed by atoms with van der Waals surface area (Å²) in [5.74, 6) is 0. The van der Waals surface area contributed by atoms with Gasteiger partial charge >= 0.3 is 0 Å². The number of nitrogens with one attached hydrogen (secondary N) is 1. The lowest BCUT2D eigenvalue weighted by molar-refractivity contribution is 0.565. The molecule has 0 amide bonds. The number of allylic oxidation sites excluding steroid dienone is 2. The first-order valence-electron chi connectivity index (χ1n) is 11.4. The van der Waals surface area contributed by atoms with Gasteiger partial charge in [0.25, 0.3) is 0 Å². The molecule has 28 heavy (non-hydrogen) atoms. The van der Waals surface area contributed by atoms with E-state index in [4.69, 9.17) is 0 Å². The molecule has 0 aromatic heterocycles. The maximum atomic E-state index is 12.1. The Labute approximate surface area is 174 Å². The molecule has 0 atom stereocenters. The molecule has 0 heterocycles. The molecule has 0 saturated carbocycles. The molecule has 0 bridgehead atoms. The second-order valence-electron chi connectivity index (χ2n) is 7.65. The molecule has 0 unspecified atom stereocenters. The molecule has 0 aliphatic carbocycles. The van der Waals surface area contributed by atoms with Crippen molar-refractivity contribution in [2.45, 2.75) is 102 Å². The predicted molar refractivity (Wildman–Crippen MR) is 121 cm³/mol. The lowest BCUT2D eigenvalue weighted by atomic mass is 10.1. The average molecular weight is 408 g/mol. The quantitative estimate of drug-likeness (QED) is 0.210. The number of rotatable bonds is 18. The van der Waals surface area contributed by atoms with Crippen LogP contribution in [0.3, 0.4) is 0 Å². The third-order valence-electron chi connectivity index (χ3n) is 5.03. The van der Waals surface area contributed by atoms with E-state index in [1.807, 2.05) is 6.07 Å². The van der Waals surface area contributed by atoms with Gasteiger partial charge in [-0.3, -0.25) is 0 Å². The van der Waals surface area contributed by atoms with Crippen LogP contribution in [-0.4, -0.2) is 15.0 Å². The second kappa shape index (κ2) is 16.8. The van der Waals surface area contributed by atoms with Gasteiger partial charge in [0.1, 0.15) is 0 Å². The summed E-state index contributed by atoms with van der Waals surface area (Å²) in [4.78, 5) is 0.347. The molecule has 1 N–H and O–H groups in total. The van der Waals surface area contributed by atoms with E-state index in [0.717, 1.165) is 12.8 Å². The highest BCUT2D eigenvalue weighted by atomic mass is 32.2. The summed E-state index contributed by atoms with van der Waals surface area (Å²) in [7, 11) is -3.34. The molecule has 4 heteroatoms. The van der Waals surface area contributed by atoms with Crippen molar-refractivity contribution in [1.82, 2.24) is 4.72 Å². The third-order valence-corrected chi connectivity index (χ3v) is 6.51. The van der Waals surface area contributed by atoms with Crippen molar-refractivity contribution in [1.29, 1.82) is 0 Å². The van der Waals surface area contributed by atoms with E-state index in [9.17, 15) is 8.42 Å². The topological polar surface area (TPSA) is 46.2 Å². The normalized spacial score (nSPS) is 12.0. The highest BCUT2D eigenvalue weighted by molar-refractivity contribution is 7.89. The smallest absolute Gasteiger partial charge is 0.211 e. The Morgan fingerprint density at radius 2 is 1.21 bits per heavy atom. The third kappa shape index (κ3) is 13.1.